The molecule has 124 valence electrons. The molecular weight excluding hydrogens is 292 g/mol. The zero-order chi connectivity index (χ0) is 16.2. The van der Waals surface area contributed by atoms with Crippen molar-refractivity contribution in [2.45, 2.75) is 64.1 Å². The Hall–Kier alpha value is -0.660. The third-order valence-electron chi connectivity index (χ3n) is 3.90. The lowest BCUT2D eigenvalue weighted by Crippen LogP contribution is -2.54. The van der Waals surface area contributed by atoms with E-state index < -0.39 is 22.2 Å². The lowest BCUT2D eigenvalue weighted by molar-refractivity contribution is -0.137. The highest BCUT2D eigenvalue weighted by Gasteiger charge is 2.33. The zero-order valence-electron chi connectivity index (χ0n) is 13.4. The number of carbonyl (C=O) groups is 1. The van der Waals surface area contributed by atoms with Crippen LogP contribution in [0.25, 0.3) is 0 Å². The summed E-state index contributed by atoms with van der Waals surface area (Å²) < 4.78 is 25.3. The summed E-state index contributed by atoms with van der Waals surface area (Å²) in [5.74, 6) is -0.0713. The number of sulfonamides is 1. The van der Waals surface area contributed by atoms with Crippen LogP contribution >= 0.6 is 0 Å². The van der Waals surface area contributed by atoms with Crippen LogP contribution in [-0.4, -0.2) is 55.8 Å². The van der Waals surface area contributed by atoms with E-state index in [1.54, 1.807) is 7.05 Å². The SMILES string of the molecule is CC(C)CC(NS(C)(=O)=O)C(=O)N(C)C1CCCCC1O. The maximum Gasteiger partial charge on any atom is 0.240 e. The number of nitrogens with one attached hydrogen (secondary N) is 1. The van der Waals surface area contributed by atoms with Crippen LogP contribution in [0.3, 0.4) is 0 Å². The average Bonchev–Trinajstić information content (AvgIpc) is 2.34. The van der Waals surface area contributed by atoms with Crippen molar-refractivity contribution in [3.8, 4) is 0 Å². The summed E-state index contributed by atoms with van der Waals surface area (Å²) in [4.78, 5) is 14.1. The Labute approximate surface area is 128 Å². The normalized spacial score (nSPS) is 24.9. The highest BCUT2D eigenvalue weighted by atomic mass is 32.2. The minimum atomic E-state index is -3.45. The molecule has 0 saturated heterocycles. The number of hydrogen-bond acceptors (Lipinski definition) is 4. The van der Waals surface area contributed by atoms with Crippen LogP contribution in [0.4, 0.5) is 0 Å². The first kappa shape index (κ1) is 18.4. The van der Waals surface area contributed by atoms with Crippen molar-refractivity contribution < 1.29 is 18.3 Å². The second kappa shape index (κ2) is 7.56. The zero-order valence-corrected chi connectivity index (χ0v) is 14.2. The van der Waals surface area contributed by atoms with Gasteiger partial charge in [0.05, 0.1) is 18.4 Å². The summed E-state index contributed by atoms with van der Waals surface area (Å²) in [5, 5.41) is 10.1. The van der Waals surface area contributed by atoms with Crippen LogP contribution in [0.15, 0.2) is 0 Å². The summed E-state index contributed by atoms with van der Waals surface area (Å²) in [5.41, 5.74) is 0. The van der Waals surface area contributed by atoms with Crippen LogP contribution in [0, 0.1) is 5.92 Å². The molecule has 0 bridgehead atoms. The molecule has 1 aliphatic carbocycles. The standard InChI is InChI=1S/C14H28N2O4S/c1-10(2)9-11(15-21(4,19)20)14(18)16(3)12-7-5-6-8-13(12)17/h10-13,15,17H,5-9H2,1-4H3. The fourth-order valence-electron chi connectivity index (χ4n) is 2.88. The van der Waals surface area contributed by atoms with E-state index in [1.165, 1.54) is 4.90 Å². The molecule has 6 nitrogen and oxygen atoms in total. The molecule has 1 rings (SSSR count). The average molecular weight is 320 g/mol. The van der Waals surface area contributed by atoms with E-state index in [0.29, 0.717) is 12.8 Å². The predicted molar refractivity (Wildman–Crippen MR) is 82.3 cm³/mol. The summed E-state index contributed by atoms with van der Waals surface area (Å²) in [6.45, 7) is 3.89. The van der Waals surface area contributed by atoms with Crippen molar-refractivity contribution in [3.63, 3.8) is 0 Å². The molecule has 21 heavy (non-hydrogen) atoms. The Morgan fingerprint density at radius 1 is 1.33 bits per heavy atom. The smallest absolute Gasteiger partial charge is 0.240 e. The van der Waals surface area contributed by atoms with Gasteiger partial charge in [-0.05, 0) is 25.2 Å². The van der Waals surface area contributed by atoms with Gasteiger partial charge in [-0.2, -0.15) is 0 Å². The molecule has 0 heterocycles. The molecule has 0 aliphatic heterocycles. The van der Waals surface area contributed by atoms with Crippen molar-refractivity contribution in [1.29, 1.82) is 0 Å². The van der Waals surface area contributed by atoms with Crippen molar-refractivity contribution in [3.05, 3.63) is 0 Å². The molecule has 7 heteroatoms. The van der Waals surface area contributed by atoms with Crippen LogP contribution < -0.4 is 4.72 Å². The molecule has 1 saturated carbocycles. The van der Waals surface area contributed by atoms with Gasteiger partial charge in [-0.1, -0.05) is 26.7 Å². The Kier molecular flexibility index (Phi) is 6.62. The molecule has 0 aromatic carbocycles. The number of nitrogens with zero attached hydrogens (tertiary/aromatic N) is 1. The predicted octanol–water partition coefficient (Wildman–Crippen LogP) is 0.712. The molecule has 1 fully saturated rings. The van der Waals surface area contributed by atoms with Gasteiger partial charge in [-0.15, -0.1) is 0 Å². The lowest BCUT2D eigenvalue weighted by Gasteiger charge is -2.37. The molecule has 2 N–H and O–H groups in total. The Bertz CT molecular complexity index is 450. The van der Waals surface area contributed by atoms with Crippen molar-refractivity contribution in [2.24, 2.45) is 5.92 Å². The summed E-state index contributed by atoms with van der Waals surface area (Å²) in [6.07, 6.45) is 4.38. The van der Waals surface area contributed by atoms with E-state index in [2.05, 4.69) is 4.72 Å². The van der Waals surface area contributed by atoms with E-state index in [4.69, 9.17) is 0 Å². The first-order valence-electron chi connectivity index (χ1n) is 7.54. The van der Waals surface area contributed by atoms with Gasteiger partial charge in [0.1, 0.15) is 6.04 Å². The summed E-state index contributed by atoms with van der Waals surface area (Å²) in [6, 6.07) is -0.985. The second-order valence-corrected chi connectivity index (χ2v) is 8.22. The Morgan fingerprint density at radius 3 is 2.38 bits per heavy atom. The van der Waals surface area contributed by atoms with Crippen LogP contribution in [0.1, 0.15) is 46.0 Å². The number of hydrogen-bond donors (Lipinski definition) is 2. The minimum Gasteiger partial charge on any atom is -0.391 e. The molecule has 0 spiro atoms. The van der Waals surface area contributed by atoms with E-state index >= 15 is 0 Å². The van der Waals surface area contributed by atoms with Gasteiger partial charge in [0.25, 0.3) is 0 Å². The first-order valence-corrected chi connectivity index (χ1v) is 9.43. The third-order valence-corrected chi connectivity index (χ3v) is 4.61. The molecule has 0 aromatic heterocycles. The van der Waals surface area contributed by atoms with Crippen molar-refractivity contribution in [2.75, 3.05) is 13.3 Å². The van der Waals surface area contributed by atoms with E-state index in [1.807, 2.05) is 13.8 Å². The van der Waals surface area contributed by atoms with Gasteiger partial charge in [0.2, 0.25) is 15.9 Å². The van der Waals surface area contributed by atoms with Gasteiger partial charge >= 0.3 is 0 Å². The molecule has 1 aliphatic rings. The first-order chi connectivity index (χ1) is 9.61. The van der Waals surface area contributed by atoms with Gasteiger partial charge in [0.15, 0.2) is 0 Å². The third kappa shape index (κ3) is 5.92. The number of aliphatic hydroxyl groups is 1. The van der Waals surface area contributed by atoms with Gasteiger partial charge in [-0.3, -0.25) is 4.79 Å². The Morgan fingerprint density at radius 2 is 1.90 bits per heavy atom. The molecule has 3 atom stereocenters. The van der Waals surface area contributed by atoms with E-state index in [0.717, 1.165) is 25.5 Å². The maximum absolute atomic E-state index is 12.6. The maximum atomic E-state index is 12.6. The number of likely N-dealkylation sites (N-methyl/N-ethyl adjacent to an activating group) is 1. The van der Waals surface area contributed by atoms with Crippen molar-refractivity contribution in [1.82, 2.24) is 9.62 Å². The number of carbonyl (C=O) groups excluding carboxylic acids is 1. The topological polar surface area (TPSA) is 86.7 Å². The minimum absolute atomic E-state index is 0.192. The Balaban J connectivity index is 2.82. The highest BCUT2D eigenvalue weighted by Crippen LogP contribution is 2.23. The van der Waals surface area contributed by atoms with Crippen LogP contribution in [-0.2, 0) is 14.8 Å². The highest BCUT2D eigenvalue weighted by molar-refractivity contribution is 7.88. The molecular formula is C14H28N2O4S. The van der Waals surface area contributed by atoms with E-state index in [9.17, 15) is 18.3 Å². The van der Waals surface area contributed by atoms with Gasteiger partial charge in [0, 0.05) is 7.05 Å². The second-order valence-electron chi connectivity index (χ2n) is 6.44. The summed E-state index contributed by atoms with van der Waals surface area (Å²) in [7, 11) is -1.80. The van der Waals surface area contributed by atoms with Crippen molar-refractivity contribution >= 4 is 15.9 Å². The molecule has 3 unspecified atom stereocenters. The van der Waals surface area contributed by atoms with Gasteiger partial charge < -0.3 is 10.0 Å². The van der Waals surface area contributed by atoms with Crippen LogP contribution in [0.2, 0.25) is 0 Å². The van der Waals surface area contributed by atoms with Crippen LogP contribution in [0.5, 0.6) is 0 Å². The number of rotatable bonds is 6. The van der Waals surface area contributed by atoms with E-state index in [-0.39, 0.29) is 17.9 Å². The molecule has 1 amide bonds. The number of amides is 1. The lowest BCUT2D eigenvalue weighted by atomic mass is 9.91. The largest absolute Gasteiger partial charge is 0.391 e. The fourth-order valence-corrected chi connectivity index (χ4v) is 3.60. The fraction of sp³-hybridized carbons (Fsp3) is 0.929. The number of aliphatic hydroxyl groups excluding tert-OH is 1. The monoisotopic (exact) mass is 320 g/mol. The molecule has 0 radical (unpaired) electrons. The quantitative estimate of drug-likeness (QED) is 0.755. The van der Waals surface area contributed by atoms with Gasteiger partial charge in [-0.25, -0.2) is 13.1 Å². The molecule has 0 aromatic rings. The summed E-state index contributed by atoms with van der Waals surface area (Å²) >= 11 is 0.